The second kappa shape index (κ2) is 9.86. The number of benzene rings is 4. The van der Waals surface area contributed by atoms with E-state index in [2.05, 4.69) is 147 Å². The molecule has 1 unspecified atom stereocenters. The van der Waals surface area contributed by atoms with Gasteiger partial charge in [0.15, 0.2) is 0 Å². The van der Waals surface area contributed by atoms with Gasteiger partial charge in [0.05, 0.1) is 11.4 Å². The predicted octanol–water partition coefficient (Wildman–Crippen LogP) is 10.7. The van der Waals surface area contributed by atoms with Crippen molar-refractivity contribution in [1.82, 2.24) is 4.98 Å². The fourth-order valence-corrected chi connectivity index (χ4v) is 8.33. The SMILES string of the molecule is CC1(C)C2=C(C3=C(Sc4ccccc42)C(c2cc(-c4ccccc4)cc(-c4ccccc4)n2)CC=C3)c2ccccc21. The summed E-state index contributed by atoms with van der Waals surface area (Å²) in [5.74, 6) is 0.164. The Bertz CT molecular complexity index is 1890. The summed E-state index contributed by atoms with van der Waals surface area (Å²) in [6, 6.07) is 43.9. The highest BCUT2D eigenvalue weighted by atomic mass is 32.2. The van der Waals surface area contributed by atoms with Gasteiger partial charge in [-0.15, -0.1) is 0 Å². The number of hydrogen-bond acceptors (Lipinski definition) is 2. The standard InChI is InChI=1S/C40H31NS/c1-40(2)33-22-11-9-18-29(33)37-32-21-13-20-30(39(32)42-36-23-12-10-19-31(36)38(37)40)35-25-28(26-14-5-3-6-15-26)24-34(41-35)27-16-7-4-8-17-27/h3-19,21-25,30H,20H2,1-2H3. The van der Waals surface area contributed by atoms with Crippen LogP contribution in [-0.4, -0.2) is 4.98 Å². The molecule has 0 fully saturated rings. The Kier molecular flexibility index (Phi) is 5.94. The summed E-state index contributed by atoms with van der Waals surface area (Å²) in [4.78, 5) is 8.13. The number of nitrogens with zero attached hydrogens (tertiary/aromatic N) is 1. The van der Waals surface area contributed by atoms with Crippen molar-refractivity contribution in [2.24, 2.45) is 0 Å². The van der Waals surface area contributed by atoms with E-state index in [1.807, 2.05) is 11.8 Å². The minimum absolute atomic E-state index is 0.0855. The molecule has 0 N–H and O–H groups in total. The van der Waals surface area contributed by atoms with Gasteiger partial charge in [-0.25, -0.2) is 0 Å². The molecule has 0 bridgehead atoms. The minimum Gasteiger partial charge on any atom is -0.252 e. The average Bonchev–Trinajstić information content (AvgIpc) is 3.17. The maximum absolute atomic E-state index is 5.39. The first-order valence-corrected chi connectivity index (χ1v) is 15.6. The molecule has 0 radical (unpaired) electrons. The van der Waals surface area contributed by atoms with Crippen LogP contribution in [0.15, 0.2) is 149 Å². The van der Waals surface area contributed by atoms with Gasteiger partial charge in [0.1, 0.15) is 0 Å². The molecule has 4 aromatic carbocycles. The Morgan fingerprint density at radius 3 is 2.14 bits per heavy atom. The zero-order chi connectivity index (χ0) is 28.3. The van der Waals surface area contributed by atoms with Crippen molar-refractivity contribution in [3.8, 4) is 22.4 Å². The molecule has 3 aliphatic rings. The van der Waals surface area contributed by atoms with Crippen LogP contribution < -0.4 is 0 Å². The van der Waals surface area contributed by atoms with Crippen molar-refractivity contribution in [1.29, 1.82) is 0 Å². The summed E-state index contributed by atoms with van der Waals surface area (Å²) in [6.45, 7) is 4.78. The number of thioether (sulfide) groups is 1. The van der Waals surface area contributed by atoms with Gasteiger partial charge in [-0.2, -0.15) is 0 Å². The van der Waals surface area contributed by atoms with Crippen molar-refractivity contribution in [2.75, 3.05) is 0 Å². The molecule has 5 aromatic rings. The molecule has 0 amide bonds. The second-order valence-corrected chi connectivity index (χ2v) is 13.0. The third-order valence-electron chi connectivity index (χ3n) is 9.01. The third kappa shape index (κ3) is 3.97. The molecule has 0 saturated heterocycles. The van der Waals surface area contributed by atoms with Gasteiger partial charge in [0, 0.05) is 26.7 Å². The topological polar surface area (TPSA) is 12.9 Å². The summed E-state index contributed by atoms with van der Waals surface area (Å²) in [5, 5.41) is 0. The summed E-state index contributed by atoms with van der Waals surface area (Å²) in [6.07, 6.45) is 5.69. The maximum atomic E-state index is 5.39. The molecular weight excluding hydrogens is 527 g/mol. The van der Waals surface area contributed by atoms with Crippen LogP contribution in [0.1, 0.15) is 48.6 Å². The van der Waals surface area contributed by atoms with Crippen molar-refractivity contribution < 1.29 is 0 Å². The van der Waals surface area contributed by atoms with Crippen molar-refractivity contribution in [3.05, 3.63) is 166 Å². The summed E-state index contributed by atoms with van der Waals surface area (Å²) in [5.41, 5.74) is 14.0. The molecule has 2 heteroatoms. The van der Waals surface area contributed by atoms with Crippen LogP contribution in [0.3, 0.4) is 0 Å². The fourth-order valence-electron chi connectivity index (χ4n) is 7.03. The monoisotopic (exact) mass is 557 g/mol. The normalized spacial score (nSPS) is 18.2. The molecule has 0 spiro atoms. The lowest BCUT2D eigenvalue weighted by Crippen LogP contribution is -2.16. The molecule has 42 heavy (non-hydrogen) atoms. The van der Waals surface area contributed by atoms with E-state index >= 15 is 0 Å². The zero-order valence-electron chi connectivity index (χ0n) is 23.8. The third-order valence-corrected chi connectivity index (χ3v) is 10.3. The Morgan fingerprint density at radius 1 is 0.690 bits per heavy atom. The van der Waals surface area contributed by atoms with E-state index in [1.165, 1.54) is 54.3 Å². The van der Waals surface area contributed by atoms with E-state index in [0.717, 1.165) is 23.4 Å². The molecular formula is C40H31NS. The van der Waals surface area contributed by atoms with E-state index in [-0.39, 0.29) is 11.3 Å². The lowest BCUT2D eigenvalue weighted by atomic mass is 9.77. The number of rotatable bonds is 3. The highest BCUT2D eigenvalue weighted by Gasteiger charge is 2.43. The van der Waals surface area contributed by atoms with Crippen LogP contribution in [0.2, 0.25) is 0 Å². The molecule has 1 atom stereocenters. The van der Waals surface area contributed by atoms with E-state index in [4.69, 9.17) is 4.98 Å². The smallest absolute Gasteiger partial charge is 0.0711 e. The van der Waals surface area contributed by atoms with Crippen molar-refractivity contribution in [2.45, 2.75) is 36.5 Å². The number of aromatic nitrogens is 1. The van der Waals surface area contributed by atoms with Gasteiger partial charge in [0.2, 0.25) is 0 Å². The number of allylic oxidation sites excluding steroid dienone is 6. The lowest BCUT2D eigenvalue weighted by molar-refractivity contribution is 0.702. The molecule has 0 saturated carbocycles. The van der Waals surface area contributed by atoms with E-state index in [9.17, 15) is 0 Å². The number of hydrogen-bond donors (Lipinski definition) is 0. The first-order valence-electron chi connectivity index (χ1n) is 14.8. The first kappa shape index (κ1) is 25.3. The Labute approximate surface area is 252 Å². The first-order chi connectivity index (χ1) is 20.6. The minimum atomic E-state index is -0.0855. The van der Waals surface area contributed by atoms with Gasteiger partial charge in [0.25, 0.3) is 0 Å². The van der Waals surface area contributed by atoms with E-state index in [1.54, 1.807) is 0 Å². The quantitative estimate of drug-likeness (QED) is 0.219. The Hall–Kier alpha value is -4.40. The number of fused-ring (bicyclic) bond motifs is 5. The highest BCUT2D eigenvalue weighted by molar-refractivity contribution is 8.03. The molecule has 2 heterocycles. The van der Waals surface area contributed by atoms with Crippen LogP contribution >= 0.6 is 11.8 Å². The predicted molar refractivity (Wildman–Crippen MR) is 177 cm³/mol. The molecule has 1 aliphatic heterocycles. The summed E-state index contributed by atoms with van der Waals surface area (Å²) in [7, 11) is 0. The summed E-state index contributed by atoms with van der Waals surface area (Å²) < 4.78 is 0. The lowest BCUT2D eigenvalue weighted by Gasteiger charge is -2.26. The van der Waals surface area contributed by atoms with Gasteiger partial charge < -0.3 is 0 Å². The second-order valence-electron chi connectivity index (χ2n) is 11.9. The van der Waals surface area contributed by atoms with Gasteiger partial charge in [-0.3, -0.25) is 4.98 Å². The molecule has 2 aliphatic carbocycles. The van der Waals surface area contributed by atoms with Gasteiger partial charge >= 0.3 is 0 Å². The molecule has 1 aromatic heterocycles. The average molecular weight is 558 g/mol. The molecule has 8 rings (SSSR count). The van der Waals surface area contributed by atoms with Crippen molar-refractivity contribution in [3.63, 3.8) is 0 Å². The van der Waals surface area contributed by atoms with Crippen molar-refractivity contribution >= 4 is 22.9 Å². The van der Waals surface area contributed by atoms with E-state index < -0.39 is 0 Å². The maximum Gasteiger partial charge on any atom is 0.0711 e. The van der Waals surface area contributed by atoms with Crippen LogP contribution in [0.25, 0.3) is 33.5 Å². The van der Waals surface area contributed by atoms with Gasteiger partial charge in [-0.05, 0) is 69.2 Å². The van der Waals surface area contributed by atoms with Crippen LogP contribution in [0.5, 0.6) is 0 Å². The number of pyridine rings is 1. The Balaban J connectivity index is 1.37. The fraction of sp³-hybridized carbons (Fsp3) is 0.125. The molecule has 202 valence electrons. The van der Waals surface area contributed by atoms with E-state index in [0.29, 0.717) is 0 Å². The highest BCUT2D eigenvalue weighted by Crippen LogP contribution is 2.60. The Morgan fingerprint density at radius 2 is 1.36 bits per heavy atom. The van der Waals surface area contributed by atoms with Crippen LogP contribution in [-0.2, 0) is 5.41 Å². The largest absolute Gasteiger partial charge is 0.252 e. The molecule has 1 nitrogen and oxygen atoms in total. The zero-order valence-corrected chi connectivity index (χ0v) is 24.7. The van der Waals surface area contributed by atoms with Crippen LogP contribution in [0.4, 0.5) is 0 Å². The van der Waals surface area contributed by atoms with Crippen LogP contribution in [0, 0.1) is 0 Å². The van der Waals surface area contributed by atoms with Gasteiger partial charge in [-0.1, -0.05) is 141 Å². The summed E-state index contributed by atoms with van der Waals surface area (Å²) >= 11 is 1.95.